The molecule has 0 bridgehead atoms. The van der Waals surface area contributed by atoms with Gasteiger partial charge in [-0.2, -0.15) is 0 Å². The summed E-state index contributed by atoms with van der Waals surface area (Å²) in [5.41, 5.74) is 0.459. The number of aromatic nitrogens is 5. The number of rotatable bonds is 4. The molecule has 23 heavy (non-hydrogen) atoms. The highest BCUT2D eigenvalue weighted by Crippen LogP contribution is 2.19. The molecule has 0 saturated carbocycles. The Labute approximate surface area is 134 Å². The SMILES string of the molecule is Cc1c(F)ccc(-n2cc(COc3ncc(Cl)cn3)nn2)c1F. The van der Waals surface area contributed by atoms with E-state index in [9.17, 15) is 8.78 Å². The van der Waals surface area contributed by atoms with Crippen molar-refractivity contribution in [3.8, 4) is 11.7 Å². The fourth-order valence-corrected chi connectivity index (χ4v) is 1.92. The average molecular weight is 338 g/mol. The molecule has 0 saturated heterocycles. The van der Waals surface area contributed by atoms with Gasteiger partial charge in [-0.3, -0.25) is 0 Å². The Hall–Kier alpha value is -2.61. The molecule has 6 nitrogen and oxygen atoms in total. The molecular formula is C14H10ClF2N5O. The van der Waals surface area contributed by atoms with Crippen LogP contribution in [0.15, 0.2) is 30.7 Å². The van der Waals surface area contributed by atoms with Gasteiger partial charge in [0.1, 0.15) is 23.8 Å². The average Bonchev–Trinajstić information content (AvgIpc) is 3.01. The van der Waals surface area contributed by atoms with E-state index in [2.05, 4.69) is 20.3 Å². The van der Waals surface area contributed by atoms with Crippen molar-refractivity contribution < 1.29 is 13.5 Å². The lowest BCUT2D eigenvalue weighted by atomic mass is 10.2. The molecule has 0 aliphatic carbocycles. The summed E-state index contributed by atoms with van der Waals surface area (Å²) in [6, 6.07) is 2.60. The van der Waals surface area contributed by atoms with Crippen LogP contribution >= 0.6 is 11.6 Å². The first kappa shape index (κ1) is 15.3. The molecule has 3 rings (SSSR count). The largest absolute Gasteiger partial charge is 0.457 e. The Balaban J connectivity index is 1.76. The second-order valence-electron chi connectivity index (χ2n) is 4.63. The quantitative estimate of drug-likeness (QED) is 0.732. The van der Waals surface area contributed by atoms with Gasteiger partial charge in [-0.05, 0) is 19.1 Å². The summed E-state index contributed by atoms with van der Waals surface area (Å²) in [4.78, 5) is 7.74. The number of benzene rings is 1. The molecule has 0 unspecified atom stereocenters. The van der Waals surface area contributed by atoms with E-state index in [4.69, 9.17) is 16.3 Å². The molecule has 2 aromatic heterocycles. The zero-order valence-electron chi connectivity index (χ0n) is 11.9. The number of nitrogens with zero attached hydrogens (tertiary/aromatic N) is 5. The van der Waals surface area contributed by atoms with Crippen LogP contribution in [-0.4, -0.2) is 25.0 Å². The molecular weight excluding hydrogens is 328 g/mol. The third kappa shape index (κ3) is 3.26. The lowest BCUT2D eigenvalue weighted by Crippen LogP contribution is -2.02. The van der Waals surface area contributed by atoms with Gasteiger partial charge in [0, 0.05) is 5.56 Å². The van der Waals surface area contributed by atoms with Crippen LogP contribution < -0.4 is 4.74 Å². The van der Waals surface area contributed by atoms with Crippen LogP contribution in [0, 0.1) is 18.6 Å². The fourth-order valence-electron chi connectivity index (χ4n) is 1.82. The van der Waals surface area contributed by atoms with Crippen molar-refractivity contribution >= 4 is 11.6 Å². The summed E-state index contributed by atoms with van der Waals surface area (Å²) in [5, 5.41) is 8.06. The lowest BCUT2D eigenvalue weighted by Gasteiger charge is -2.05. The molecule has 9 heteroatoms. The molecule has 0 fully saturated rings. The third-order valence-corrected chi connectivity index (χ3v) is 3.23. The second kappa shape index (κ2) is 6.25. The maximum Gasteiger partial charge on any atom is 0.316 e. The molecule has 0 aliphatic rings. The number of ether oxygens (including phenoxy) is 1. The molecule has 3 aromatic rings. The molecule has 0 amide bonds. The standard InChI is InChI=1S/C14H10ClF2N5O/c1-8-11(16)2-3-12(13(8)17)22-6-10(20-21-22)7-23-14-18-4-9(15)5-19-14/h2-6H,7H2,1H3. The predicted octanol–water partition coefficient (Wildman–Crippen LogP) is 2.88. The lowest BCUT2D eigenvalue weighted by molar-refractivity contribution is 0.276. The Morgan fingerprint density at radius 2 is 1.96 bits per heavy atom. The monoisotopic (exact) mass is 337 g/mol. The van der Waals surface area contributed by atoms with E-state index in [1.165, 1.54) is 42.3 Å². The van der Waals surface area contributed by atoms with Crippen molar-refractivity contribution in [3.63, 3.8) is 0 Å². The van der Waals surface area contributed by atoms with Gasteiger partial charge in [-0.1, -0.05) is 16.8 Å². The van der Waals surface area contributed by atoms with Gasteiger partial charge in [0.05, 0.1) is 23.6 Å². The van der Waals surface area contributed by atoms with Crippen LogP contribution in [0.1, 0.15) is 11.3 Å². The minimum absolute atomic E-state index is 0.0451. The number of halogens is 3. The molecule has 0 spiro atoms. The first-order valence-electron chi connectivity index (χ1n) is 6.51. The molecule has 0 aliphatic heterocycles. The van der Waals surface area contributed by atoms with Gasteiger partial charge in [0.15, 0.2) is 5.82 Å². The summed E-state index contributed by atoms with van der Waals surface area (Å²) < 4.78 is 33.9. The Morgan fingerprint density at radius 1 is 1.22 bits per heavy atom. The van der Waals surface area contributed by atoms with E-state index in [1.54, 1.807) is 0 Å². The highest BCUT2D eigenvalue weighted by molar-refractivity contribution is 6.30. The van der Waals surface area contributed by atoms with E-state index in [-0.39, 0.29) is 23.9 Å². The van der Waals surface area contributed by atoms with Gasteiger partial charge in [-0.25, -0.2) is 23.4 Å². The zero-order chi connectivity index (χ0) is 16.4. The van der Waals surface area contributed by atoms with Gasteiger partial charge < -0.3 is 4.74 Å². The van der Waals surface area contributed by atoms with Crippen molar-refractivity contribution in [2.45, 2.75) is 13.5 Å². The normalized spacial score (nSPS) is 10.8. The topological polar surface area (TPSA) is 65.7 Å². The first-order chi connectivity index (χ1) is 11.0. The minimum Gasteiger partial charge on any atom is -0.457 e. The zero-order valence-corrected chi connectivity index (χ0v) is 12.6. The Kier molecular flexibility index (Phi) is 4.16. The third-order valence-electron chi connectivity index (χ3n) is 3.03. The van der Waals surface area contributed by atoms with Crippen molar-refractivity contribution in [2.75, 3.05) is 0 Å². The smallest absolute Gasteiger partial charge is 0.316 e. The molecule has 1 aromatic carbocycles. The van der Waals surface area contributed by atoms with E-state index in [0.717, 1.165) is 0 Å². The molecule has 2 heterocycles. The summed E-state index contributed by atoms with van der Waals surface area (Å²) in [6.07, 6.45) is 4.28. The van der Waals surface area contributed by atoms with E-state index < -0.39 is 11.6 Å². The summed E-state index contributed by atoms with van der Waals surface area (Å²) in [6.45, 7) is 1.40. The Bertz CT molecular complexity index is 838. The van der Waals surface area contributed by atoms with E-state index in [0.29, 0.717) is 10.7 Å². The summed E-state index contributed by atoms with van der Waals surface area (Å²) >= 11 is 5.67. The van der Waals surface area contributed by atoms with Crippen molar-refractivity contribution in [1.29, 1.82) is 0 Å². The van der Waals surface area contributed by atoms with Crippen LogP contribution in [0.25, 0.3) is 5.69 Å². The van der Waals surface area contributed by atoms with Gasteiger partial charge in [0.2, 0.25) is 0 Å². The summed E-state index contributed by atoms with van der Waals surface area (Å²) in [7, 11) is 0. The van der Waals surface area contributed by atoms with Crippen LogP contribution in [0.5, 0.6) is 6.01 Å². The van der Waals surface area contributed by atoms with E-state index >= 15 is 0 Å². The highest BCUT2D eigenvalue weighted by atomic mass is 35.5. The van der Waals surface area contributed by atoms with E-state index in [1.807, 2.05) is 0 Å². The number of hydrogen-bond acceptors (Lipinski definition) is 5. The minimum atomic E-state index is -0.691. The maximum absolute atomic E-state index is 14.1. The molecule has 0 atom stereocenters. The van der Waals surface area contributed by atoms with Crippen LogP contribution in [0.2, 0.25) is 5.02 Å². The molecule has 118 valence electrons. The van der Waals surface area contributed by atoms with Gasteiger partial charge >= 0.3 is 6.01 Å². The maximum atomic E-state index is 14.1. The van der Waals surface area contributed by atoms with Crippen molar-refractivity contribution in [3.05, 3.63) is 58.6 Å². The van der Waals surface area contributed by atoms with Crippen molar-refractivity contribution in [2.24, 2.45) is 0 Å². The number of hydrogen-bond donors (Lipinski definition) is 0. The predicted molar refractivity (Wildman–Crippen MR) is 77.4 cm³/mol. The van der Waals surface area contributed by atoms with Crippen LogP contribution in [0.3, 0.4) is 0 Å². The van der Waals surface area contributed by atoms with Crippen LogP contribution in [0.4, 0.5) is 8.78 Å². The Morgan fingerprint density at radius 3 is 2.70 bits per heavy atom. The van der Waals surface area contributed by atoms with Crippen LogP contribution in [-0.2, 0) is 6.61 Å². The second-order valence-corrected chi connectivity index (χ2v) is 5.07. The van der Waals surface area contributed by atoms with Crippen molar-refractivity contribution in [1.82, 2.24) is 25.0 Å². The highest BCUT2D eigenvalue weighted by Gasteiger charge is 2.13. The van der Waals surface area contributed by atoms with Gasteiger partial charge in [0.25, 0.3) is 0 Å². The van der Waals surface area contributed by atoms with Gasteiger partial charge in [-0.15, -0.1) is 5.10 Å². The fraction of sp³-hybridized carbons (Fsp3) is 0.143. The molecule has 0 N–H and O–H groups in total. The first-order valence-corrected chi connectivity index (χ1v) is 6.89. The molecule has 0 radical (unpaired) electrons. The summed E-state index contributed by atoms with van der Waals surface area (Å²) in [5.74, 6) is -1.31.